The number of ketones is 1. The Bertz CT molecular complexity index is 539. The molecule has 6 heteroatoms. The molecular weight excluding hydrogens is 304 g/mol. The maximum atomic E-state index is 12.0. The van der Waals surface area contributed by atoms with Gasteiger partial charge in [0.25, 0.3) is 0 Å². The summed E-state index contributed by atoms with van der Waals surface area (Å²) < 4.78 is 5.12. The second-order valence-electron chi connectivity index (χ2n) is 6.14. The molecule has 1 aromatic rings. The van der Waals surface area contributed by atoms with Gasteiger partial charge in [-0.3, -0.25) is 4.79 Å². The van der Waals surface area contributed by atoms with Crippen molar-refractivity contribution in [2.75, 3.05) is 6.54 Å². The molecular formula is C16H23ClN2O3. The van der Waals surface area contributed by atoms with Gasteiger partial charge >= 0.3 is 6.09 Å². The van der Waals surface area contributed by atoms with Crippen LogP contribution in [0.5, 0.6) is 0 Å². The van der Waals surface area contributed by atoms with Crippen molar-refractivity contribution in [3.8, 4) is 0 Å². The van der Waals surface area contributed by atoms with E-state index in [4.69, 9.17) is 16.3 Å². The minimum absolute atomic E-state index is 0.0320. The number of aryl methyl sites for hydroxylation is 1. The van der Waals surface area contributed by atoms with E-state index in [-0.39, 0.29) is 5.78 Å². The number of alkyl carbamates (subject to hydrolysis) is 1. The van der Waals surface area contributed by atoms with Crippen LogP contribution in [0.1, 0.15) is 56.0 Å². The summed E-state index contributed by atoms with van der Waals surface area (Å²) in [7, 11) is 0. The molecule has 0 unspecified atom stereocenters. The zero-order valence-corrected chi connectivity index (χ0v) is 14.3. The van der Waals surface area contributed by atoms with Crippen molar-refractivity contribution in [3.05, 3.63) is 28.5 Å². The summed E-state index contributed by atoms with van der Waals surface area (Å²) in [6.07, 6.45) is 2.88. The van der Waals surface area contributed by atoms with Crippen molar-refractivity contribution in [3.63, 3.8) is 0 Å². The number of ether oxygens (including phenoxy) is 1. The third-order valence-electron chi connectivity index (χ3n) is 2.84. The Morgan fingerprint density at radius 2 is 2.00 bits per heavy atom. The Balaban J connectivity index is 2.25. The summed E-state index contributed by atoms with van der Waals surface area (Å²) in [6.45, 7) is 7.74. The molecule has 0 radical (unpaired) electrons. The van der Waals surface area contributed by atoms with Gasteiger partial charge in [-0.05, 0) is 52.2 Å². The van der Waals surface area contributed by atoms with Crippen molar-refractivity contribution in [2.45, 2.75) is 52.6 Å². The molecule has 1 amide bonds. The number of nitrogens with one attached hydrogen (secondary N) is 1. The van der Waals surface area contributed by atoms with E-state index >= 15 is 0 Å². The number of pyridine rings is 1. The van der Waals surface area contributed by atoms with Crippen molar-refractivity contribution in [1.29, 1.82) is 0 Å². The first kappa shape index (κ1) is 18.4. The van der Waals surface area contributed by atoms with Crippen molar-refractivity contribution in [2.24, 2.45) is 0 Å². The zero-order chi connectivity index (χ0) is 16.8. The van der Waals surface area contributed by atoms with Crippen LogP contribution >= 0.6 is 11.6 Å². The van der Waals surface area contributed by atoms with Crippen molar-refractivity contribution in [1.82, 2.24) is 10.3 Å². The van der Waals surface area contributed by atoms with Gasteiger partial charge in [-0.1, -0.05) is 11.6 Å². The molecule has 1 aromatic heterocycles. The molecule has 1 N–H and O–H groups in total. The first-order chi connectivity index (χ1) is 10.2. The number of halogens is 1. The van der Waals surface area contributed by atoms with Crippen molar-refractivity contribution < 1.29 is 14.3 Å². The lowest BCUT2D eigenvalue weighted by Gasteiger charge is -2.19. The lowest BCUT2D eigenvalue weighted by molar-refractivity contribution is 0.0527. The molecule has 1 heterocycles. The van der Waals surface area contributed by atoms with Crippen LogP contribution in [0, 0.1) is 6.92 Å². The summed E-state index contributed by atoms with van der Waals surface area (Å²) in [5.41, 5.74) is 0.862. The molecule has 1 rings (SSSR count). The maximum absolute atomic E-state index is 12.0. The molecule has 0 aromatic carbocycles. The monoisotopic (exact) mass is 326 g/mol. The minimum Gasteiger partial charge on any atom is -0.444 e. The van der Waals surface area contributed by atoms with Gasteiger partial charge in [-0.25, -0.2) is 9.78 Å². The summed E-state index contributed by atoms with van der Waals surface area (Å²) in [5, 5.41) is 3.08. The van der Waals surface area contributed by atoms with Crippen LogP contribution in [0.4, 0.5) is 4.79 Å². The van der Waals surface area contributed by atoms with Crippen LogP contribution in [0.3, 0.4) is 0 Å². The quantitative estimate of drug-likeness (QED) is 0.488. The second kappa shape index (κ2) is 8.13. The van der Waals surface area contributed by atoms with Crippen LogP contribution < -0.4 is 5.32 Å². The lowest BCUT2D eigenvalue weighted by atomic mass is 10.1. The number of hydrogen-bond acceptors (Lipinski definition) is 4. The SMILES string of the molecule is Cc1cc(C(=O)CCCCNC(=O)OC(C)(C)C)cnc1Cl. The molecule has 0 fully saturated rings. The first-order valence-electron chi connectivity index (χ1n) is 7.31. The summed E-state index contributed by atoms with van der Waals surface area (Å²) in [6, 6.07) is 1.75. The summed E-state index contributed by atoms with van der Waals surface area (Å²) in [5.74, 6) is 0.0320. The average Bonchev–Trinajstić information content (AvgIpc) is 2.39. The lowest BCUT2D eigenvalue weighted by Crippen LogP contribution is -2.33. The fourth-order valence-electron chi connectivity index (χ4n) is 1.77. The predicted octanol–water partition coefficient (Wildman–Crippen LogP) is 3.92. The Labute approximate surface area is 136 Å². The Morgan fingerprint density at radius 3 is 2.59 bits per heavy atom. The topological polar surface area (TPSA) is 68.3 Å². The fourth-order valence-corrected chi connectivity index (χ4v) is 1.87. The van der Waals surface area contributed by atoms with Crippen molar-refractivity contribution >= 4 is 23.5 Å². The molecule has 0 bridgehead atoms. The van der Waals surface area contributed by atoms with Crippen LogP contribution in [0.2, 0.25) is 5.15 Å². The molecule has 0 aliphatic carbocycles. The van der Waals surface area contributed by atoms with E-state index < -0.39 is 11.7 Å². The number of amides is 1. The first-order valence-corrected chi connectivity index (χ1v) is 7.69. The van der Waals surface area contributed by atoms with Gasteiger partial charge in [-0.15, -0.1) is 0 Å². The van der Waals surface area contributed by atoms with E-state index in [1.807, 2.05) is 27.7 Å². The Kier molecular flexibility index (Phi) is 6.81. The van der Waals surface area contributed by atoms with E-state index in [9.17, 15) is 9.59 Å². The standard InChI is InChI=1S/C16H23ClN2O3/c1-11-9-12(10-19-14(11)17)13(20)7-5-6-8-18-15(21)22-16(2,3)4/h9-10H,5-8H2,1-4H3,(H,18,21). The zero-order valence-electron chi connectivity index (χ0n) is 13.5. The third kappa shape index (κ3) is 6.89. The number of aromatic nitrogens is 1. The molecule has 0 aliphatic heterocycles. The van der Waals surface area contributed by atoms with Gasteiger partial charge < -0.3 is 10.1 Å². The predicted molar refractivity (Wildman–Crippen MR) is 86.4 cm³/mol. The number of Topliss-reactive ketones (excluding diaryl/α,β-unsaturated/α-hetero) is 1. The van der Waals surface area contributed by atoms with Gasteiger partial charge in [-0.2, -0.15) is 0 Å². The van der Waals surface area contributed by atoms with Crippen LogP contribution in [-0.2, 0) is 4.74 Å². The molecule has 122 valence electrons. The molecule has 5 nitrogen and oxygen atoms in total. The number of hydrogen-bond donors (Lipinski definition) is 1. The summed E-state index contributed by atoms with van der Waals surface area (Å²) in [4.78, 5) is 27.4. The van der Waals surface area contributed by atoms with E-state index in [0.29, 0.717) is 36.5 Å². The number of nitrogens with zero attached hydrogens (tertiary/aromatic N) is 1. The van der Waals surface area contributed by atoms with Gasteiger partial charge in [0.1, 0.15) is 10.8 Å². The number of carbonyl (C=O) groups is 2. The highest BCUT2D eigenvalue weighted by molar-refractivity contribution is 6.30. The third-order valence-corrected chi connectivity index (χ3v) is 3.23. The highest BCUT2D eigenvalue weighted by atomic mass is 35.5. The van der Waals surface area contributed by atoms with E-state index in [1.165, 1.54) is 6.20 Å². The smallest absolute Gasteiger partial charge is 0.407 e. The van der Waals surface area contributed by atoms with Gasteiger partial charge in [0, 0.05) is 24.7 Å². The molecule has 22 heavy (non-hydrogen) atoms. The highest BCUT2D eigenvalue weighted by Gasteiger charge is 2.15. The molecule has 0 atom stereocenters. The fraction of sp³-hybridized carbons (Fsp3) is 0.562. The largest absolute Gasteiger partial charge is 0.444 e. The van der Waals surface area contributed by atoms with Gasteiger partial charge in [0.2, 0.25) is 0 Å². The highest BCUT2D eigenvalue weighted by Crippen LogP contribution is 2.14. The molecule has 0 saturated carbocycles. The van der Waals surface area contributed by atoms with Gasteiger partial charge in [0.15, 0.2) is 5.78 Å². The minimum atomic E-state index is -0.501. The summed E-state index contributed by atoms with van der Waals surface area (Å²) >= 11 is 5.83. The van der Waals surface area contributed by atoms with Crippen LogP contribution in [0.25, 0.3) is 0 Å². The van der Waals surface area contributed by atoms with E-state index in [0.717, 1.165) is 5.56 Å². The number of unbranched alkanes of at least 4 members (excludes halogenated alkanes) is 1. The van der Waals surface area contributed by atoms with E-state index in [2.05, 4.69) is 10.3 Å². The second-order valence-corrected chi connectivity index (χ2v) is 6.50. The normalized spacial score (nSPS) is 11.1. The van der Waals surface area contributed by atoms with Crippen LogP contribution in [-0.4, -0.2) is 29.0 Å². The molecule has 0 saturated heterocycles. The average molecular weight is 327 g/mol. The molecule has 0 aliphatic rings. The maximum Gasteiger partial charge on any atom is 0.407 e. The number of rotatable bonds is 6. The Hall–Kier alpha value is -1.62. The van der Waals surface area contributed by atoms with Gasteiger partial charge in [0.05, 0.1) is 0 Å². The number of carbonyl (C=O) groups excluding carboxylic acids is 2. The van der Waals surface area contributed by atoms with Crippen LogP contribution in [0.15, 0.2) is 12.3 Å². The van der Waals surface area contributed by atoms with E-state index in [1.54, 1.807) is 6.07 Å². The Morgan fingerprint density at radius 1 is 1.32 bits per heavy atom. The molecule has 0 spiro atoms.